The number of amides is 1. The van der Waals surface area contributed by atoms with E-state index in [0.717, 1.165) is 31.9 Å². The molecule has 7 nitrogen and oxygen atoms in total. The standard InChI is InChI=1S/C23H24N4O3S/c1-27(31(29,30)19-13-12-17-7-2-3-8-18(17)15-19)16-23(28)24-14-6-11-22-25-20-9-4-5-10-21(20)26-22/h2-5,7-10,12-13,15H,6,11,14,16H2,1H3,(H,24,28)(H,25,26). The van der Waals surface area contributed by atoms with E-state index in [-0.39, 0.29) is 17.3 Å². The lowest BCUT2D eigenvalue weighted by atomic mass is 10.1. The zero-order chi connectivity index (χ0) is 21.8. The van der Waals surface area contributed by atoms with E-state index in [9.17, 15) is 13.2 Å². The third kappa shape index (κ3) is 4.76. The Hall–Kier alpha value is -3.23. The SMILES string of the molecule is CN(CC(=O)NCCCc1nc2ccccc2[nH]1)S(=O)(=O)c1ccc2ccccc2c1. The van der Waals surface area contributed by atoms with Gasteiger partial charge in [0.1, 0.15) is 5.82 Å². The first-order chi connectivity index (χ1) is 14.9. The molecule has 160 valence electrons. The number of rotatable bonds is 8. The van der Waals surface area contributed by atoms with Crippen molar-refractivity contribution < 1.29 is 13.2 Å². The van der Waals surface area contributed by atoms with E-state index in [1.807, 2.05) is 48.5 Å². The number of fused-ring (bicyclic) bond motifs is 2. The third-order valence-corrected chi connectivity index (χ3v) is 6.95. The molecule has 0 atom stereocenters. The van der Waals surface area contributed by atoms with Crippen molar-refractivity contribution in [2.45, 2.75) is 17.7 Å². The minimum atomic E-state index is -3.76. The van der Waals surface area contributed by atoms with E-state index in [1.54, 1.807) is 18.2 Å². The maximum atomic E-state index is 12.8. The minimum Gasteiger partial charge on any atom is -0.355 e. The Bertz CT molecular complexity index is 1300. The van der Waals surface area contributed by atoms with Crippen molar-refractivity contribution in [3.05, 3.63) is 72.6 Å². The predicted octanol–water partition coefficient (Wildman–Crippen LogP) is 3.09. The van der Waals surface area contributed by atoms with Gasteiger partial charge in [-0.1, -0.05) is 42.5 Å². The summed E-state index contributed by atoms with van der Waals surface area (Å²) >= 11 is 0. The lowest BCUT2D eigenvalue weighted by Gasteiger charge is -2.17. The molecule has 8 heteroatoms. The van der Waals surface area contributed by atoms with E-state index in [2.05, 4.69) is 15.3 Å². The molecule has 4 rings (SSSR count). The highest BCUT2D eigenvalue weighted by atomic mass is 32.2. The van der Waals surface area contributed by atoms with E-state index < -0.39 is 10.0 Å². The zero-order valence-electron chi connectivity index (χ0n) is 17.2. The van der Waals surface area contributed by atoms with Crippen LogP contribution in [-0.2, 0) is 21.2 Å². The summed E-state index contributed by atoms with van der Waals surface area (Å²) in [5, 5.41) is 4.59. The van der Waals surface area contributed by atoms with Gasteiger partial charge in [0.25, 0.3) is 0 Å². The molecule has 3 aromatic carbocycles. The molecule has 0 aliphatic carbocycles. The monoisotopic (exact) mass is 436 g/mol. The molecule has 0 saturated carbocycles. The number of aromatic amines is 1. The average molecular weight is 437 g/mol. The molecule has 4 aromatic rings. The summed E-state index contributed by atoms with van der Waals surface area (Å²) < 4.78 is 26.8. The van der Waals surface area contributed by atoms with Crippen molar-refractivity contribution in [1.29, 1.82) is 0 Å². The Morgan fingerprint density at radius 1 is 1.03 bits per heavy atom. The second-order valence-electron chi connectivity index (χ2n) is 7.42. The molecular formula is C23H24N4O3S. The molecule has 0 spiro atoms. The van der Waals surface area contributed by atoms with Crippen LogP contribution in [0.2, 0.25) is 0 Å². The maximum absolute atomic E-state index is 12.8. The molecular weight excluding hydrogens is 412 g/mol. The van der Waals surface area contributed by atoms with Gasteiger partial charge in [-0.15, -0.1) is 0 Å². The van der Waals surface area contributed by atoms with Gasteiger partial charge in [0, 0.05) is 20.0 Å². The van der Waals surface area contributed by atoms with Crippen LogP contribution in [-0.4, -0.2) is 48.7 Å². The summed E-state index contributed by atoms with van der Waals surface area (Å²) in [7, 11) is -2.34. The highest BCUT2D eigenvalue weighted by Gasteiger charge is 2.23. The van der Waals surface area contributed by atoms with Gasteiger partial charge in [0.15, 0.2) is 0 Å². The predicted molar refractivity (Wildman–Crippen MR) is 121 cm³/mol. The number of imidazole rings is 1. The number of carbonyl (C=O) groups is 1. The van der Waals surface area contributed by atoms with Crippen LogP contribution < -0.4 is 5.32 Å². The summed E-state index contributed by atoms with van der Waals surface area (Å²) in [6.07, 6.45) is 1.40. The molecule has 0 aliphatic heterocycles. The first-order valence-electron chi connectivity index (χ1n) is 10.1. The molecule has 1 amide bonds. The number of nitrogens with one attached hydrogen (secondary N) is 2. The third-order valence-electron chi connectivity index (χ3n) is 5.15. The number of nitrogens with zero attached hydrogens (tertiary/aromatic N) is 2. The number of hydrogen-bond donors (Lipinski definition) is 2. The zero-order valence-corrected chi connectivity index (χ0v) is 18.0. The maximum Gasteiger partial charge on any atom is 0.243 e. The van der Waals surface area contributed by atoms with Crippen LogP contribution in [0.5, 0.6) is 0 Å². The van der Waals surface area contributed by atoms with E-state index >= 15 is 0 Å². The van der Waals surface area contributed by atoms with Gasteiger partial charge in [0.05, 0.1) is 22.5 Å². The van der Waals surface area contributed by atoms with Crippen molar-refractivity contribution in [2.75, 3.05) is 20.1 Å². The summed E-state index contributed by atoms with van der Waals surface area (Å²) in [4.78, 5) is 20.2. The number of aryl methyl sites for hydroxylation is 1. The van der Waals surface area contributed by atoms with E-state index in [4.69, 9.17) is 0 Å². The summed E-state index contributed by atoms with van der Waals surface area (Å²) in [6, 6.07) is 20.3. The van der Waals surface area contributed by atoms with Crippen LogP contribution in [0.1, 0.15) is 12.2 Å². The Morgan fingerprint density at radius 2 is 1.77 bits per heavy atom. The molecule has 0 fully saturated rings. The summed E-state index contributed by atoms with van der Waals surface area (Å²) in [5.41, 5.74) is 1.91. The summed E-state index contributed by atoms with van der Waals surface area (Å²) in [6.45, 7) is 0.208. The number of carbonyl (C=O) groups excluding carboxylic acids is 1. The molecule has 0 unspecified atom stereocenters. The minimum absolute atomic E-state index is 0.173. The first-order valence-corrected chi connectivity index (χ1v) is 11.5. The van der Waals surface area contributed by atoms with Gasteiger partial charge in [0.2, 0.25) is 15.9 Å². The Morgan fingerprint density at radius 3 is 2.58 bits per heavy atom. The van der Waals surface area contributed by atoms with Crippen molar-refractivity contribution >= 4 is 37.7 Å². The lowest BCUT2D eigenvalue weighted by Crippen LogP contribution is -2.38. The van der Waals surface area contributed by atoms with Crippen LogP contribution in [0.25, 0.3) is 21.8 Å². The molecule has 2 N–H and O–H groups in total. The highest BCUT2D eigenvalue weighted by Crippen LogP contribution is 2.21. The molecule has 1 heterocycles. The number of para-hydroxylation sites is 2. The normalized spacial score (nSPS) is 11.9. The fourth-order valence-corrected chi connectivity index (χ4v) is 4.62. The van der Waals surface area contributed by atoms with Crippen molar-refractivity contribution in [2.24, 2.45) is 0 Å². The highest BCUT2D eigenvalue weighted by molar-refractivity contribution is 7.89. The number of aromatic nitrogens is 2. The topological polar surface area (TPSA) is 95.2 Å². The van der Waals surface area contributed by atoms with Gasteiger partial charge in [-0.25, -0.2) is 13.4 Å². The number of H-pyrrole nitrogens is 1. The van der Waals surface area contributed by atoms with E-state index in [0.29, 0.717) is 19.4 Å². The molecule has 0 saturated heterocycles. The van der Waals surface area contributed by atoms with Crippen molar-refractivity contribution in [1.82, 2.24) is 19.6 Å². The fraction of sp³-hybridized carbons (Fsp3) is 0.217. The largest absolute Gasteiger partial charge is 0.355 e. The van der Waals surface area contributed by atoms with Crippen LogP contribution in [0, 0.1) is 0 Å². The molecule has 0 bridgehead atoms. The van der Waals surface area contributed by atoms with Gasteiger partial charge in [-0.3, -0.25) is 4.79 Å². The van der Waals surface area contributed by atoms with Gasteiger partial charge < -0.3 is 10.3 Å². The molecule has 0 radical (unpaired) electrons. The number of sulfonamides is 1. The number of likely N-dealkylation sites (N-methyl/N-ethyl adjacent to an activating group) is 1. The number of hydrogen-bond acceptors (Lipinski definition) is 4. The van der Waals surface area contributed by atoms with Crippen molar-refractivity contribution in [3.8, 4) is 0 Å². The lowest BCUT2D eigenvalue weighted by molar-refractivity contribution is -0.121. The van der Waals surface area contributed by atoms with Crippen LogP contribution >= 0.6 is 0 Å². The second-order valence-corrected chi connectivity index (χ2v) is 9.47. The van der Waals surface area contributed by atoms with Crippen LogP contribution in [0.4, 0.5) is 0 Å². The Labute approximate surface area is 181 Å². The van der Waals surface area contributed by atoms with E-state index in [1.165, 1.54) is 7.05 Å². The average Bonchev–Trinajstić information content (AvgIpc) is 3.19. The smallest absolute Gasteiger partial charge is 0.243 e. The van der Waals surface area contributed by atoms with Gasteiger partial charge in [-0.05, 0) is 41.5 Å². The van der Waals surface area contributed by atoms with Gasteiger partial charge in [-0.2, -0.15) is 4.31 Å². The van der Waals surface area contributed by atoms with Crippen LogP contribution in [0.15, 0.2) is 71.6 Å². The van der Waals surface area contributed by atoms with Crippen molar-refractivity contribution in [3.63, 3.8) is 0 Å². The summed E-state index contributed by atoms with van der Waals surface area (Å²) in [5.74, 6) is 0.530. The fourth-order valence-electron chi connectivity index (χ4n) is 3.46. The quantitative estimate of drug-likeness (QED) is 0.415. The first kappa shape index (κ1) is 21.0. The second kappa shape index (κ2) is 8.87. The number of benzene rings is 3. The Balaban J connectivity index is 1.29. The van der Waals surface area contributed by atoms with Crippen LogP contribution in [0.3, 0.4) is 0 Å². The van der Waals surface area contributed by atoms with Gasteiger partial charge >= 0.3 is 0 Å². The molecule has 31 heavy (non-hydrogen) atoms. The molecule has 0 aliphatic rings. The molecule has 1 aromatic heterocycles. The Kier molecular flexibility index (Phi) is 6.01.